The molecule has 1 atom stereocenters. The van der Waals surface area contributed by atoms with Crippen molar-refractivity contribution in [1.82, 2.24) is 5.32 Å². The minimum absolute atomic E-state index is 0. The lowest BCUT2D eigenvalue weighted by Gasteiger charge is -2.21. The number of esters is 2. The standard InChI is InChI=1S/C10H19NO4.ClH/c1-10(2,3)15-8(12)6-7(11-4)9(13)14-5;/h7,11H,6H2,1-5H3;1H/t7-;/m1./s1. The third-order valence-electron chi connectivity index (χ3n) is 1.62. The maximum absolute atomic E-state index is 11.4. The number of likely N-dealkylation sites (N-methyl/N-ethyl adjacent to an activating group) is 1. The van der Waals surface area contributed by atoms with Gasteiger partial charge in [-0.1, -0.05) is 0 Å². The van der Waals surface area contributed by atoms with Crippen molar-refractivity contribution in [2.24, 2.45) is 0 Å². The topological polar surface area (TPSA) is 64.6 Å². The van der Waals surface area contributed by atoms with Crippen LogP contribution in [-0.2, 0) is 19.1 Å². The molecule has 0 bridgehead atoms. The van der Waals surface area contributed by atoms with Gasteiger partial charge in [-0.15, -0.1) is 12.4 Å². The van der Waals surface area contributed by atoms with Gasteiger partial charge in [-0.05, 0) is 27.8 Å². The zero-order chi connectivity index (χ0) is 12.1. The zero-order valence-electron chi connectivity index (χ0n) is 10.3. The van der Waals surface area contributed by atoms with Gasteiger partial charge in [-0.25, -0.2) is 0 Å². The van der Waals surface area contributed by atoms with Crippen LogP contribution >= 0.6 is 12.4 Å². The number of carbonyl (C=O) groups excluding carboxylic acids is 2. The Hall–Kier alpha value is -0.810. The molecular formula is C10H20ClNO4. The van der Waals surface area contributed by atoms with Crippen molar-refractivity contribution in [2.45, 2.75) is 38.8 Å². The smallest absolute Gasteiger partial charge is 0.323 e. The summed E-state index contributed by atoms with van der Waals surface area (Å²) in [7, 11) is 2.87. The molecule has 5 nitrogen and oxygen atoms in total. The van der Waals surface area contributed by atoms with Crippen molar-refractivity contribution in [1.29, 1.82) is 0 Å². The molecule has 16 heavy (non-hydrogen) atoms. The molecule has 0 fully saturated rings. The molecule has 0 aliphatic carbocycles. The summed E-state index contributed by atoms with van der Waals surface area (Å²) in [6, 6.07) is -0.648. The van der Waals surface area contributed by atoms with E-state index in [9.17, 15) is 9.59 Å². The molecule has 0 aliphatic rings. The van der Waals surface area contributed by atoms with Crippen LogP contribution in [0.1, 0.15) is 27.2 Å². The number of halogens is 1. The molecule has 0 heterocycles. The Balaban J connectivity index is 0. The lowest BCUT2D eigenvalue weighted by atomic mass is 10.1. The van der Waals surface area contributed by atoms with E-state index >= 15 is 0 Å². The van der Waals surface area contributed by atoms with Gasteiger partial charge in [0.1, 0.15) is 11.6 Å². The molecule has 1 N–H and O–H groups in total. The van der Waals surface area contributed by atoms with Gasteiger partial charge in [0.05, 0.1) is 13.5 Å². The fraction of sp³-hybridized carbons (Fsp3) is 0.800. The van der Waals surface area contributed by atoms with Crippen molar-refractivity contribution in [3.63, 3.8) is 0 Å². The van der Waals surface area contributed by atoms with Gasteiger partial charge in [-0.3, -0.25) is 9.59 Å². The van der Waals surface area contributed by atoms with Crippen molar-refractivity contribution < 1.29 is 19.1 Å². The molecule has 6 heteroatoms. The fourth-order valence-electron chi connectivity index (χ4n) is 0.995. The fourth-order valence-corrected chi connectivity index (χ4v) is 0.995. The first-order chi connectivity index (χ1) is 6.80. The van der Waals surface area contributed by atoms with Gasteiger partial charge in [-0.2, -0.15) is 0 Å². The minimum Gasteiger partial charge on any atom is -0.468 e. The Kier molecular flexibility index (Phi) is 8.20. The van der Waals surface area contributed by atoms with E-state index in [1.807, 2.05) is 0 Å². The van der Waals surface area contributed by atoms with Crippen LogP contribution in [0.15, 0.2) is 0 Å². The molecule has 0 radical (unpaired) electrons. The van der Waals surface area contributed by atoms with Crippen LogP contribution in [0.5, 0.6) is 0 Å². The molecule has 0 unspecified atom stereocenters. The Labute approximate surface area is 102 Å². The summed E-state index contributed by atoms with van der Waals surface area (Å²) in [6.45, 7) is 5.33. The van der Waals surface area contributed by atoms with Gasteiger partial charge < -0.3 is 14.8 Å². The summed E-state index contributed by atoms with van der Waals surface area (Å²) >= 11 is 0. The van der Waals surface area contributed by atoms with E-state index in [0.717, 1.165) is 0 Å². The predicted molar refractivity (Wildman–Crippen MR) is 62.6 cm³/mol. The van der Waals surface area contributed by atoms with E-state index in [2.05, 4.69) is 10.1 Å². The highest BCUT2D eigenvalue weighted by Crippen LogP contribution is 2.09. The van der Waals surface area contributed by atoms with Gasteiger partial charge in [0.25, 0.3) is 0 Å². The number of ether oxygens (including phenoxy) is 2. The second-order valence-electron chi connectivity index (χ2n) is 4.15. The zero-order valence-corrected chi connectivity index (χ0v) is 11.1. The monoisotopic (exact) mass is 253 g/mol. The van der Waals surface area contributed by atoms with Crippen LogP contribution in [0.4, 0.5) is 0 Å². The number of hydrogen-bond donors (Lipinski definition) is 1. The number of hydrogen-bond acceptors (Lipinski definition) is 5. The lowest BCUT2D eigenvalue weighted by Crippen LogP contribution is -2.38. The third kappa shape index (κ3) is 7.48. The maximum atomic E-state index is 11.4. The summed E-state index contributed by atoms with van der Waals surface area (Å²) in [4.78, 5) is 22.5. The molecule has 96 valence electrons. The summed E-state index contributed by atoms with van der Waals surface area (Å²) in [5, 5.41) is 2.69. The Morgan fingerprint density at radius 2 is 1.81 bits per heavy atom. The molecular weight excluding hydrogens is 234 g/mol. The number of rotatable bonds is 4. The highest BCUT2D eigenvalue weighted by atomic mass is 35.5. The van der Waals surface area contributed by atoms with Crippen LogP contribution in [0.25, 0.3) is 0 Å². The molecule has 0 saturated carbocycles. The SMILES string of the molecule is CN[C@H](CC(=O)OC(C)(C)C)C(=O)OC.Cl. The van der Waals surface area contributed by atoms with Gasteiger partial charge in [0.15, 0.2) is 0 Å². The number of nitrogens with one attached hydrogen (secondary N) is 1. The van der Waals surface area contributed by atoms with Crippen LogP contribution < -0.4 is 5.32 Å². The van der Waals surface area contributed by atoms with Crippen LogP contribution in [-0.4, -0.2) is 37.7 Å². The maximum Gasteiger partial charge on any atom is 0.323 e. The predicted octanol–water partition coefficient (Wildman–Crippen LogP) is 0.901. The normalized spacial score (nSPS) is 12.3. The molecule has 0 spiro atoms. The van der Waals surface area contributed by atoms with Crippen LogP contribution in [0, 0.1) is 0 Å². The Bertz CT molecular complexity index is 237. The molecule has 0 rings (SSSR count). The van der Waals surface area contributed by atoms with E-state index in [1.165, 1.54) is 7.11 Å². The third-order valence-corrected chi connectivity index (χ3v) is 1.62. The van der Waals surface area contributed by atoms with Crippen molar-refractivity contribution in [3.8, 4) is 0 Å². The van der Waals surface area contributed by atoms with Crippen molar-refractivity contribution >= 4 is 24.3 Å². The van der Waals surface area contributed by atoms with Crippen LogP contribution in [0.2, 0.25) is 0 Å². The van der Waals surface area contributed by atoms with E-state index < -0.39 is 23.6 Å². The average molecular weight is 254 g/mol. The summed E-state index contributed by atoms with van der Waals surface area (Å²) in [6.07, 6.45) is -0.0273. The Morgan fingerprint density at radius 1 is 1.31 bits per heavy atom. The first-order valence-electron chi connectivity index (χ1n) is 4.77. The largest absolute Gasteiger partial charge is 0.468 e. The first kappa shape index (κ1) is 17.6. The second kappa shape index (κ2) is 7.46. The van der Waals surface area contributed by atoms with E-state index in [-0.39, 0.29) is 18.8 Å². The molecule has 0 aromatic carbocycles. The van der Waals surface area contributed by atoms with Crippen molar-refractivity contribution in [3.05, 3.63) is 0 Å². The van der Waals surface area contributed by atoms with Gasteiger partial charge in [0, 0.05) is 0 Å². The number of methoxy groups -OCH3 is 1. The average Bonchev–Trinajstić information content (AvgIpc) is 2.10. The molecule has 0 aromatic heterocycles. The van der Waals surface area contributed by atoms with Gasteiger partial charge >= 0.3 is 11.9 Å². The molecule has 0 aromatic rings. The first-order valence-corrected chi connectivity index (χ1v) is 4.77. The van der Waals surface area contributed by atoms with E-state index in [4.69, 9.17) is 4.74 Å². The lowest BCUT2D eigenvalue weighted by molar-refractivity contribution is -0.158. The quantitative estimate of drug-likeness (QED) is 0.755. The Morgan fingerprint density at radius 3 is 2.12 bits per heavy atom. The summed E-state index contributed by atoms with van der Waals surface area (Å²) < 4.78 is 9.60. The summed E-state index contributed by atoms with van der Waals surface area (Å²) in [5.74, 6) is -0.893. The highest BCUT2D eigenvalue weighted by Gasteiger charge is 2.24. The molecule has 0 aliphatic heterocycles. The van der Waals surface area contributed by atoms with E-state index in [1.54, 1.807) is 27.8 Å². The van der Waals surface area contributed by atoms with Gasteiger partial charge in [0.2, 0.25) is 0 Å². The van der Waals surface area contributed by atoms with E-state index in [0.29, 0.717) is 0 Å². The molecule has 0 saturated heterocycles. The van der Waals surface area contributed by atoms with Crippen LogP contribution in [0.3, 0.4) is 0 Å². The number of carbonyl (C=O) groups is 2. The van der Waals surface area contributed by atoms with Crippen molar-refractivity contribution in [2.75, 3.05) is 14.2 Å². The highest BCUT2D eigenvalue weighted by molar-refractivity contribution is 5.85. The molecule has 0 amide bonds. The summed E-state index contributed by atoms with van der Waals surface area (Å²) in [5.41, 5.74) is -0.536. The minimum atomic E-state index is -0.648. The second-order valence-corrected chi connectivity index (χ2v) is 4.15.